The van der Waals surface area contributed by atoms with Crippen LogP contribution in [0.5, 0.6) is 0 Å². The van der Waals surface area contributed by atoms with Gasteiger partial charge in [-0.25, -0.2) is 0 Å². The van der Waals surface area contributed by atoms with Gasteiger partial charge in [0.05, 0.1) is 10.6 Å². The Hall–Kier alpha value is -1.03. The van der Waals surface area contributed by atoms with E-state index >= 15 is 0 Å². The van der Waals surface area contributed by atoms with Crippen molar-refractivity contribution in [1.29, 1.82) is 0 Å². The molecule has 0 fully saturated rings. The highest BCUT2D eigenvalue weighted by atomic mass is 32.1. The van der Waals surface area contributed by atoms with E-state index in [2.05, 4.69) is 24.2 Å². The molecule has 0 aliphatic carbocycles. The van der Waals surface area contributed by atoms with Gasteiger partial charge in [0.1, 0.15) is 5.84 Å². The molecule has 0 atom stereocenters. The van der Waals surface area contributed by atoms with E-state index in [4.69, 9.17) is 5.73 Å². The number of thiophene rings is 1. The van der Waals surface area contributed by atoms with E-state index < -0.39 is 0 Å². The van der Waals surface area contributed by atoms with Gasteiger partial charge in [-0.3, -0.25) is 4.99 Å². The zero-order valence-corrected chi connectivity index (χ0v) is 11.4. The molecule has 0 aromatic carbocycles. The largest absolute Gasteiger partial charge is 0.383 e. The first-order chi connectivity index (χ1) is 7.69. The zero-order chi connectivity index (χ0) is 12.1. The molecule has 0 bridgehead atoms. The quantitative estimate of drug-likeness (QED) is 0.613. The van der Waals surface area contributed by atoms with Crippen molar-refractivity contribution in [3.05, 3.63) is 16.0 Å². The molecule has 0 saturated carbocycles. The van der Waals surface area contributed by atoms with Crippen LogP contribution in [0.25, 0.3) is 0 Å². The third-order valence-corrected chi connectivity index (χ3v) is 3.95. The summed E-state index contributed by atoms with van der Waals surface area (Å²) in [4.78, 5) is 5.55. The zero-order valence-electron chi connectivity index (χ0n) is 10.6. The van der Waals surface area contributed by atoms with Crippen LogP contribution in [0.1, 0.15) is 36.3 Å². The summed E-state index contributed by atoms with van der Waals surface area (Å²) in [7, 11) is 3.68. The topological polar surface area (TPSA) is 50.4 Å². The standard InChI is InChI=1S/C12H21N3S/c1-5-7-9-8(6-2)10(11(13)14-3)12(15-4)16-9/h15H,5-7H2,1-4H3,(H2,13,14). The van der Waals surface area contributed by atoms with Gasteiger partial charge in [-0.2, -0.15) is 0 Å². The van der Waals surface area contributed by atoms with E-state index in [0.717, 1.165) is 23.4 Å². The number of anilines is 1. The maximum Gasteiger partial charge on any atom is 0.128 e. The third kappa shape index (κ3) is 2.38. The second-order valence-corrected chi connectivity index (χ2v) is 4.78. The SMILES string of the molecule is CCCc1sc(NC)c(C(N)=NC)c1CC. The van der Waals surface area contributed by atoms with Crippen LogP contribution in [0.15, 0.2) is 4.99 Å². The maximum absolute atomic E-state index is 5.97. The lowest BCUT2D eigenvalue weighted by Gasteiger charge is -2.05. The minimum absolute atomic E-state index is 0.639. The van der Waals surface area contributed by atoms with Crippen LogP contribution in [0, 0.1) is 0 Å². The van der Waals surface area contributed by atoms with Gasteiger partial charge in [0, 0.05) is 19.0 Å². The number of aliphatic imine (C=N–C) groups is 1. The van der Waals surface area contributed by atoms with Crippen LogP contribution in [0.2, 0.25) is 0 Å². The monoisotopic (exact) mass is 239 g/mol. The highest BCUT2D eigenvalue weighted by molar-refractivity contribution is 7.16. The summed E-state index contributed by atoms with van der Waals surface area (Å²) in [6.07, 6.45) is 3.30. The maximum atomic E-state index is 5.97. The molecule has 0 aliphatic heterocycles. The van der Waals surface area contributed by atoms with E-state index in [1.165, 1.54) is 16.9 Å². The average Bonchev–Trinajstić information content (AvgIpc) is 2.66. The van der Waals surface area contributed by atoms with Crippen LogP contribution >= 0.6 is 11.3 Å². The minimum Gasteiger partial charge on any atom is -0.383 e. The number of nitrogens with one attached hydrogen (secondary N) is 1. The van der Waals surface area contributed by atoms with Crippen molar-refractivity contribution < 1.29 is 0 Å². The Balaban J connectivity index is 3.31. The lowest BCUT2D eigenvalue weighted by atomic mass is 10.0. The van der Waals surface area contributed by atoms with Crippen LogP contribution in [0.4, 0.5) is 5.00 Å². The van der Waals surface area contributed by atoms with Crippen molar-refractivity contribution in [3.8, 4) is 0 Å². The number of rotatable bonds is 5. The predicted molar refractivity (Wildman–Crippen MR) is 73.9 cm³/mol. The molecular weight excluding hydrogens is 218 g/mol. The third-order valence-electron chi connectivity index (χ3n) is 2.65. The van der Waals surface area contributed by atoms with E-state index in [-0.39, 0.29) is 0 Å². The first-order valence-corrected chi connectivity index (χ1v) is 6.56. The Kier molecular flexibility index (Phi) is 4.80. The van der Waals surface area contributed by atoms with Crippen molar-refractivity contribution in [2.75, 3.05) is 19.4 Å². The molecule has 0 unspecified atom stereocenters. The van der Waals surface area contributed by atoms with Gasteiger partial charge in [-0.05, 0) is 18.4 Å². The first kappa shape index (κ1) is 13.0. The smallest absolute Gasteiger partial charge is 0.128 e. The molecule has 90 valence electrons. The molecule has 1 rings (SSSR count). The summed E-state index contributed by atoms with van der Waals surface area (Å²) >= 11 is 1.81. The van der Waals surface area contributed by atoms with E-state index in [9.17, 15) is 0 Å². The molecule has 3 N–H and O–H groups in total. The average molecular weight is 239 g/mol. The summed E-state index contributed by atoms with van der Waals surface area (Å²) in [5.41, 5.74) is 8.45. The molecule has 16 heavy (non-hydrogen) atoms. The number of hydrogen-bond donors (Lipinski definition) is 2. The molecule has 3 nitrogen and oxygen atoms in total. The summed E-state index contributed by atoms with van der Waals surface area (Å²) in [5.74, 6) is 0.639. The number of aryl methyl sites for hydroxylation is 1. The molecular formula is C12H21N3S. The van der Waals surface area contributed by atoms with Crippen LogP contribution in [-0.2, 0) is 12.8 Å². The van der Waals surface area contributed by atoms with Gasteiger partial charge in [0.15, 0.2) is 0 Å². The molecule has 0 saturated heterocycles. The second kappa shape index (κ2) is 5.89. The second-order valence-electron chi connectivity index (χ2n) is 3.67. The number of hydrogen-bond acceptors (Lipinski definition) is 3. The number of nitrogens with zero attached hydrogens (tertiary/aromatic N) is 1. The van der Waals surface area contributed by atoms with Gasteiger partial charge in [-0.15, -0.1) is 11.3 Å². The van der Waals surface area contributed by atoms with E-state index in [1.807, 2.05) is 18.4 Å². The lowest BCUT2D eigenvalue weighted by Crippen LogP contribution is -2.15. The highest BCUT2D eigenvalue weighted by Gasteiger charge is 2.17. The van der Waals surface area contributed by atoms with Gasteiger partial charge in [0.2, 0.25) is 0 Å². The van der Waals surface area contributed by atoms with Crippen molar-refractivity contribution in [1.82, 2.24) is 0 Å². The van der Waals surface area contributed by atoms with Crippen LogP contribution in [-0.4, -0.2) is 19.9 Å². The fourth-order valence-electron chi connectivity index (χ4n) is 1.87. The Bertz CT molecular complexity index is 380. The Labute approximate surface area is 102 Å². The fourth-order valence-corrected chi connectivity index (χ4v) is 3.23. The molecule has 1 aromatic rings. The van der Waals surface area contributed by atoms with Crippen molar-refractivity contribution in [2.24, 2.45) is 10.7 Å². The molecule has 1 heterocycles. The first-order valence-electron chi connectivity index (χ1n) is 5.74. The minimum atomic E-state index is 0.639. The summed E-state index contributed by atoms with van der Waals surface area (Å²) in [6, 6.07) is 0. The van der Waals surface area contributed by atoms with Crippen LogP contribution in [0.3, 0.4) is 0 Å². The number of amidine groups is 1. The molecule has 0 spiro atoms. The summed E-state index contributed by atoms with van der Waals surface area (Å²) in [5, 5.41) is 4.36. The fraction of sp³-hybridized carbons (Fsp3) is 0.583. The van der Waals surface area contributed by atoms with E-state index in [0.29, 0.717) is 5.84 Å². The molecule has 0 aliphatic rings. The molecule has 0 amide bonds. The summed E-state index contributed by atoms with van der Waals surface area (Å²) < 4.78 is 0. The summed E-state index contributed by atoms with van der Waals surface area (Å²) in [6.45, 7) is 4.38. The Morgan fingerprint density at radius 3 is 2.56 bits per heavy atom. The van der Waals surface area contributed by atoms with E-state index in [1.54, 1.807) is 7.05 Å². The van der Waals surface area contributed by atoms with Crippen molar-refractivity contribution >= 4 is 22.2 Å². The van der Waals surface area contributed by atoms with Crippen molar-refractivity contribution in [2.45, 2.75) is 33.1 Å². The highest BCUT2D eigenvalue weighted by Crippen LogP contribution is 2.34. The van der Waals surface area contributed by atoms with Crippen LogP contribution < -0.4 is 11.1 Å². The lowest BCUT2D eigenvalue weighted by molar-refractivity contribution is 0.920. The van der Waals surface area contributed by atoms with Gasteiger partial charge >= 0.3 is 0 Å². The Morgan fingerprint density at radius 2 is 2.12 bits per heavy atom. The van der Waals surface area contributed by atoms with Gasteiger partial charge < -0.3 is 11.1 Å². The molecule has 0 radical (unpaired) electrons. The van der Waals surface area contributed by atoms with Gasteiger partial charge in [0.25, 0.3) is 0 Å². The normalized spacial score (nSPS) is 11.9. The molecule has 1 aromatic heterocycles. The number of nitrogens with two attached hydrogens (primary N) is 1. The molecule has 4 heteroatoms. The Morgan fingerprint density at radius 1 is 1.44 bits per heavy atom. The predicted octanol–water partition coefficient (Wildman–Crippen LogP) is 2.64. The van der Waals surface area contributed by atoms with Gasteiger partial charge in [-0.1, -0.05) is 20.3 Å². The van der Waals surface area contributed by atoms with Crippen molar-refractivity contribution in [3.63, 3.8) is 0 Å².